The average molecular weight is 294 g/mol. The summed E-state index contributed by atoms with van der Waals surface area (Å²) >= 11 is 0. The zero-order valence-corrected chi connectivity index (χ0v) is 13.6. The Morgan fingerprint density at radius 3 is 1.95 bits per heavy atom. The molecule has 120 valence electrons. The first kappa shape index (κ1) is 17.7. The molecule has 1 aromatic rings. The van der Waals surface area contributed by atoms with E-state index in [-0.39, 0.29) is 11.2 Å². The second-order valence-corrected chi connectivity index (χ2v) is 5.88. The van der Waals surface area contributed by atoms with Gasteiger partial charge in [0, 0.05) is 25.9 Å². The van der Waals surface area contributed by atoms with Crippen LogP contribution in [0.1, 0.15) is 71.1 Å². The van der Waals surface area contributed by atoms with Crippen LogP contribution in [0.25, 0.3) is 0 Å². The number of aromatic nitrogens is 2. The SMILES string of the molecule is CCCCCCCCCCCCn1c(=O)ccn(C)c1=O. The molecule has 0 aliphatic carbocycles. The number of aryl methyl sites for hydroxylation is 1. The second-order valence-electron chi connectivity index (χ2n) is 5.88. The van der Waals surface area contributed by atoms with Crippen molar-refractivity contribution in [3.8, 4) is 0 Å². The highest BCUT2D eigenvalue weighted by atomic mass is 16.2. The van der Waals surface area contributed by atoms with E-state index in [4.69, 9.17) is 0 Å². The number of unbranched alkanes of at least 4 members (excludes halogenated alkanes) is 9. The lowest BCUT2D eigenvalue weighted by molar-refractivity contribution is 0.511. The lowest BCUT2D eigenvalue weighted by atomic mass is 10.1. The van der Waals surface area contributed by atoms with Crippen LogP contribution < -0.4 is 11.2 Å². The van der Waals surface area contributed by atoms with Gasteiger partial charge in [0.1, 0.15) is 0 Å². The Morgan fingerprint density at radius 1 is 0.857 bits per heavy atom. The molecule has 1 heterocycles. The van der Waals surface area contributed by atoms with E-state index in [1.54, 1.807) is 7.05 Å². The minimum absolute atomic E-state index is 0.186. The first-order valence-electron chi connectivity index (χ1n) is 8.43. The van der Waals surface area contributed by atoms with Gasteiger partial charge >= 0.3 is 5.69 Å². The molecule has 1 rings (SSSR count). The average Bonchev–Trinajstić information content (AvgIpc) is 2.48. The predicted octanol–water partition coefficient (Wildman–Crippen LogP) is 3.47. The maximum absolute atomic E-state index is 11.8. The van der Waals surface area contributed by atoms with E-state index >= 15 is 0 Å². The number of hydrogen-bond donors (Lipinski definition) is 0. The zero-order valence-electron chi connectivity index (χ0n) is 13.6. The summed E-state index contributed by atoms with van der Waals surface area (Å²) in [7, 11) is 1.68. The van der Waals surface area contributed by atoms with Crippen LogP contribution >= 0.6 is 0 Å². The minimum Gasteiger partial charge on any atom is -0.303 e. The Kier molecular flexibility index (Phi) is 8.79. The Bertz CT molecular complexity index is 502. The standard InChI is InChI=1S/C17H30N2O2/c1-3-4-5-6-7-8-9-10-11-12-14-19-16(20)13-15-18(2)17(19)21/h13,15H,3-12,14H2,1-2H3. The van der Waals surface area contributed by atoms with Crippen LogP contribution in [0.2, 0.25) is 0 Å². The first-order chi connectivity index (χ1) is 10.2. The molecule has 0 unspecified atom stereocenters. The molecule has 0 N–H and O–H groups in total. The molecule has 4 heteroatoms. The summed E-state index contributed by atoms with van der Waals surface area (Å²) in [6.45, 7) is 2.79. The van der Waals surface area contributed by atoms with Crippen LogP contribution in [0.15, 0.2) is 21.9 Å². The Balaban J connectivity index is 2.11. The molecule has 0 amide bonds. The van der Waals surface area contributed by atoms with Crippen LogP contribution in [-0.4, -0.2) is 9.13 Å². The fourth-order valence-electron chi connectivity index (χ4n) is 2.58. The molecule has 21 heavy (non-hydrogen) atoms. The molecule has 0 aliphatic rings. The number of hydrogen-bond acceptors (Lipinski definition) is 2. The van der Waals surface area contributed by atoms with E-state index in [2.05, 4.69) is 6.92 Å². The van der Waals surface area contributed by atoms with E-state index < -0.39 is 0 Å². The smallest absolute Gasteiger partial charge is 0.303 e. The van der Waals surface area contributed by atoms with Crippen molar-refractivity contribution < 1.29 is 0 Å². The third kappa shape index (κ3) is 6.78. The van der Waals surface area contributed by atoms with Gasteiger partial charge in [-0.2, -0.15) is 0 Å². The predicted molar refractivity (Wildman–Crippen MR) is 87.8 cm³/mol. The van der Waals surface area contributed by atoms with E-state index in [9.17, 15) is 9.59 Å². The van der Waals surface area contributed by atoms with Crippen LogP contribution in [0.5, 0.6) is 0 Å². The highest BCUT2D eigenvalue weighted by Gasteiger charge is 2.02. The van der Waals surface area contributed by atoms with Crippen molar-refractivity contribution in [2.45, 2.75) is 77.7 Å². The molecule has 0 atom stereocenters. The largest absolute Gasteiger partial charge is 0.330 e. The highest BCUT2D eigenvalue weighted by Crippen LogP contribution is 2.10. The van der Waals surface area contributed by atoms with Gasteiger partial charge in [0.25, 0.3) is 5.56 Å². The van der Waals surface area contributed by atoms with Gasteiger partial charge in [0.05, 0.1) is 0 Å². The first-order valence-corrected chi connectivity index (χ1v) is 8.43. The molecule has 0 aliphatic heterocycles. The quantitative estimate of drug-likeness (QED) is 0.587. The summed E-state index contributed by atoms with van der Waals surface area (Å²) in [5.41, 5.74) is -0.396. The molecular formula is C17H30N2O2. The molecule has 0 aromatic carbocycles. The normalized spacial score (nSPS) is 11.0. The van der Waals surface area contributed by atoms with E-state index in [1.807, 2.05) is 0 Å². The summed E-state index contributed by atoms with van der Waals surface area (Å²) in [6, 6.07) is 1.46. The fraction of sp³-hybridized carbons (Fsp3) is 0.765. The van der Waals surface area contributed by atoms with Crippen molar-refractivity contribution in [2.24, 2.45) is 7.05 Å². The minimum atomic E-state index is -0.210. The van der Waals surface area contributed by atoms with Crippen molar-refractivity contribution >= 4 is 0 Å². The molecule has 0 bridgehead atoms. The third-order valence-corrected chi connectivity index (χ3v) is 3.97. The van der Waals surface area contributed by atoms with Crippen molar-refractivity contribution in [3.05, 3.63) is 33.1 Å². The Labute approximate surface area is 127 Å². The van der Waals surface area contributed by atoms with Gasteiger partial charge in [-0.05, 0) is 6.42 Å². The maximum Gasteiger partial charge on any atom is 0.330 e. The number of nitrogens with zero attached hydrogens (tertiary/aromatic N) is 2. The molecule has 1 aromatic heterocycles. The van der Waals surface area contributed by atoms with Crippen molar-refractivity contribution in [1.29, 1.82) is 0 Å². The zero-order chi connectivity index (χ0) is 15.5. The summed E-state index contributed by atoms with van der Waals surface area (Å²) in [5.74, 6) is 0. The fourth-order valence-corrected chi connectivity index (χ4v) is 2.58. The van der Waals surface area contributed by atoms with Crippen molar-refractivity contribution in [2.75, 3.05) is 0 Å². The van der Waals surface area contributed by atoms with Crippen LogP contribution in [0, 0.1) is 0 Å². The summed E-state index contributed by atoms with van der Waals surface area (Å²) in [4.78, 5) is 23.4. The van der Waals surface area contributed by atoms with Crippen molar-refractivity contribution in [1.82, 2.24) is 9.13 Å². The molecule has 4 nitrogen and oxygen atoms in total. The van der Waals surface area contributed by atoms with Crippen LogP contribution in [0.3, 0.4) is 0 Å². The third-order valence-electron chi connectivity index (χ3n) is 3.97. The monoisotopic (exact) mass is 294 g/mol. The van der Waals surface area contributed by atoms with E-state index in [0.717, 1.165) is 12.8 Å². The molecule has 0 saturated carbocycles. The summed E-state index contributed by atoms with van der Waals surface area (Å²) in [6.07, 6.45) is 14.1. The Hall–Kier alpha value is -1.32. The molecular weight excluding hydrogens is 264 g/mol. The van der Waals surface area contributed by atoms with Crippen LogP contribution in [0.4, 0.5) is 0 Å². The molecule has 0 spiro atoms. The summed E-state index contributed by atoms with van der Waals surface area (Å²) in [5, 5.41) is 0. The van der Waals surface area contributed by atoms with Crippen molar-refractivity contribution in [3.63, 3.8) is 0 Å². The maximum atomic E-state index is 11.8. The van der Waals surface area contributed by atoms with E-state index in [0.29, 0.717) is 6.54 Å². The highest BCUT2D eigenvalue weighted by molar-refractivity contribution is 4.85. The second kappa shape index (κ2) is 10.4. The summed E-state index contributed by atoms with van der Waals surface area (Å²) < 4.78 is 2.79. The topological polar surface area (TPSA) is 44.0 Å². The van der Waals surface area contributed by atoms with Gasteiger partial charge in [0.15, 0.2) is 0 Å². The molecule has 0 radical (unpaired) electrons. The van der Waals surface area contributed by atoms with Gasteiger partial charge in [-0.15, -0.1) is 0 Å². The molecule has 0 saturated heterocycles. The van der Waals surface area contributed by atoms with Gasteiger partial charge in [-0.3, -0.25) is 9.36 Å². The number of rotatable bonds is 11. The van der Waals surface area contributed by atoms with Gasteiger partial charge < -0.3 is 4.57 Å². The van der Waals surface area contributed by atoms with Crippen LogP contribution in [-0.2, 0) is 13.6 Å². The van der Waals surface area contributed by atoms with Gasteiger partial charge in [0.2, 0.25) is 0 Å². The van der Waals surface area contributed by atoms with Gasteiger partial charge in [-0.25, -0.2) is 4.79 Å². The molecule has 0 fully saturated rings. The lowest BCUT2D eigenvalue weighted by Crippen LogP contribution is -2.37. The lowest BCUT2D eigenvalue weighted by Gasteiger charge is -2.06. The van der Waals surface area contributed by atoms with E-state index in [1.165, 1.54) is 72.8 Å². The van der Waals surface area contributed by atoms with Gasteiger partial charge in [-0.1, -0.05) is 64.7 Å². The Morgan fingerprint density at radius 2 is 1.38 bits per heavy atom.